The minimum atomic E-state index is 0.103. The lowest BCUT2D eigenvalue weighted by molar-refractivity contribution is 0.0152. The summed E-state index contributed by atoms with van der Waals surface area (Å²) in [4.78, 5) is 2.63. The van der Waals surface area contributed by atoms with E-state index in [4.69, 9.17) is 0 Å². The van der Waals surface area contributed by atoms with Crippen molar-refractivity contribution in [2.45, 2.75) is 72.5 Å². The molecule has 1 saturated heterocycles. The summed E-state index contributed by atoms with van der Waals surface area (Å²) in [5.41, 5.74) is 0.278. The molecule has 0 spiro atoms. The molecule has 1 fully saturated rings. The first kappa shape index (κ1) is 15.0. The quantitative estimate of drug-likeness (QED) is 0.812. The summed E-state index contributed by atoms with van der Waals surface area (Å²) in [6, 6.07) is 0. The molecule has 0 aromatic carbocycles. The summed E-state index contributed by atoms with van der Waals surface area (Å²) in [6.45, 7) is 18.6. The Morgan fingerprint density at radius 2 is 1.71 bits per heavy atom. The standard InChI is InChI=1S/C15H32N2/c1-12(2)13-9-8-10-17(11-13)15(6,7)16-14(3,4)5/h12-13,16H,8-11H2,1-7H3. The topological polar surface area (TPSA) is 15.3 Å². The van der Waals surface area contributed by atoms with Gasteiger partial charge in [-0.1, -0.05) is 13.8 Å². The summed E-state index contributed by atoms with van der Waals surface area (Å²) in [6.07, 6.45) is 2.75. The molecule has 102 valence electrons. The normalized spacial score (nSPS) is 24.4. The number of nitrogens with one attached hydrogen (secondary N) is 1. The summed E-state index contributed by atoms with van der Waals surface area (Å²) < 4.78 is 0. The number of nitrogens with zero attached hydrogens (tertiary/aromatic N) is 1. The molecule has 0 aliphatic carbocycles. The van der Waals surface area contributed by atoms with Gasteiger partial charge in [0, 0.05) is 12.1 Å². The zero-order valence-corrected chi connectivity index (χ0v) is 12.9. The fourth-order valence-electron chi connectivity index (χ4n) is 3.06. The van der Waals surface area contributed by atoms with Crippen molar-refractivity contribution < 1.29 is 0 Å². The lowest BCUT2D eigenvalue weighted by Gasteiger charge is -2.47. The van der Waals surface area contributed by atoms with Crippen LogP contribution in [0.5, 0.6) is 0 Å². The van der Waals surface area contributed by atoms with Crippen LogP contribution in [0.15, 0.2) is 0 Å². The van der Waals surface area contributed by atoms with E-state index in [0.717, 1.165) is 11.8 Å². The molecule has 0 aromatic heterocycles. The van der Waals surface area contributed by atoms with Crippen LogP contribution in [-0.4, -0.2) is 29.2 Å². The maximum Gasteiger partial charge on any atom is 0.0658 e. The molecule has 1 unspecified atom stereocenters. The molecule has 0 amide bonds. The Kier molecular flexibility index (Phi) is 4.65. The highest BCUT2D eigenvalue weighted by Crippen LogP contribution is 2.28. The van der Waals surface area contributed by atoms with Gasteiger partial charge in [0.15, 0.2) is 0 Å². The highest BCUT2D eigenvalue weighted by molar-refractivity contribution is 4.89. The summed E-state index contributed by atoms with van der Waals surface area (Å²) >= 11 is 0. The fraction of sp³-hybridized carbons (Fsp3) is 1.00. The molecule has 1 heterocycles. The maximum atomic E-state index is 3.75. The van der Waals surface area contributed by atoms with Gasteiger partial charge in [0.05, 0.1) is 5.66 Å². The van der Waals surface area contributed by atoms with Crippen molar-refractivity contribution in [1.29, 1.82) is 0 Å². The Morgan fingerprint density at radius 3 is 2.18 bits per heavy atom. The summed E-state index contributed by atoms with van der Waals surface area (Å²) in [5, 5.41) is 3.75. The Labute approximate surface area is 108 Å². The molecule has 0 aromatic rings. The van der Waals surface area contributed by atoms with Crippen LogP contribution in [0.4, 0.5) is 0 Å². The molecule has 1 N–H and O–H groups in total. The van der Waals surface area contributed by atoms with Crippen LogP contribution in [0.2, 0.25) is 0 Å². The van der Waals surface area contributed by atoms with Gasteiger partial charge in [0.25, 0.3) is 0 Å². The Morgan fingerprint density at radius 1 is 1.12 bits per heavy atom. The van der Waals surface area contributed by atoms with Gasteiger partial charge in [-0.3, -0.25) is 10.2 Å². The number of hydrogen-bond acceptors (Lipinski definition) is 2. The minimum absolute atomic E-state index is 0.103. The van der Waals surface area contributed by atoms with Gasteiger partial charge in [-0.15, -0.1) is 0 Å². The molecule has 0 radical (unpaired) electrons. The van der Waals surface area contributed by atoms with Crippen molar-refractivity contribution in [3.05, 3.63) is 0 Å². The summed E-state index contributed by atoms with van der Waals surface area (Å²) in [5.74, 6) is 1.67. The molecule has 1 aliphatic rings. The van der Waals surface area contributed by atoms with Crippen molar-refractivity contribution in [3.63, 3.8) is 0 Å². The van der Waals surface area contributed by atoms with Crippen LogP contribution < -0.4 is 5.32 Å². The predicted molar refractivity (Wildman–Crippen MR) is 76.1 cm³/mol. The van der Waals surface area contributed by atoms with Gasteiger partial charge in [-0.25, -0.2) is 0 Å². The van der Waals surface area contributed by atoms with Crippen LogP contribution in [0.25, 0.3) is 0 Å². The van der Waals surface area contributed by atoms with E-state index in [2.05, 4.69) is 58.7 Å². The third-order valence-corrected chi connectivity index (χ3v) is 3.87. The Bertz CT molecular complexity index is 238. The highest BCUT2D eigenvalue weighted by atomic mass is 15.3. The highest BCUT2D eigenvalue weighted by Gasteiger charge is 2.34. The molecule has 17 heavy (non-hydrogen) atoms. The van der Waals surface area contributed by atoms with E-state index in [9.17, 15) is 0 Å². The van der Waals surface area contributed by atoms with Crippen LogP contribution in [0, 0.1) is 11.8 Å². The lowest BCUT2D eigenvalue weighted by atomic mass is 9.86. The predicted octanol–water partition coefficient (Wildman–Crippen LogP) is 3.48. The molecular formula is C15H32N2. The largest absolute Gasteiger partial charge is 0.295 e. The first-order chi connectivity index (χ1) is 7.62. The van der Waals surface area contributed by atoms with E-state index in [1.165, 1.54) is 25.9 Å². The number of piperidine rings is 1. The molecule has 1 aliphatic heterocycles. The van der Waals surface area contributed by atoms with Crippen molar-refractivity contribution in [2.75, 3.05) is 13.1 Å². The minimum Gasteiger partial charge on any atom is -0.295 e. The van der Waals surface area contributed by atoms with Crippen molar-refractivity contribution in [2.24, 2.45) is 11.8 Å². The average Bonchev–Trinajstić information content (AvgIpc) is 2.14. The first-order valence-corrected chi connectivity index (χ1v) is 7.16. The van der Waals surface area contributed by atoms with Gasteiger partial charge in [0.1, 0.15) is 0 Å². The number of rotatable bonds is 3. The molecular weight excluding hydrogens is 208 g/mol. The molecule has 1 rings (SSSR count). The van der Waals surface area contributed by atoms with Gasteiger partial charge in [0.2, 0.25) is 0 Å². The zero-order chi connectivity index (χ0) is 13.3. The average molecular weight is 240 g/mol. The lowest BCUT2D eigenvalue weighted by Crippen LogP contribution is -2.62. The van der Waals surface area contributed by atoms with E-state index < -0.39 is 0 Å². The third kappa shape index (κ3) is 4.59. The molecule has 0 bridgehead atoms. The SMILES string of the molecule is CC(C)C1CCCN(C(C)(C)NC(C)(C)C)C1. The molecule has 0 saturated carbocycles. The van der Waals surface area contributed by atoms with E-state index >= 15 is 0 Å². The van der Waals surface area contributed by atoms with Gasteiger partial charge < -0.3 is 0 Å². The summed E-state index contributed by atoms with van der Waals surface area (Å²) in [7, 11) is 0. The number of likely N-dealkylation sites (tertiary alicyclic amines) is 1. The fourth-order valence-corrected chi connectivity index (χ4v) is 3.06. The second-order valence-electron chi connectivity index (χ2n) is 7.53. The second kappa shape index (κ2) is 5.27. The van der Waals surface area contributed by atoms with Crippen LogP contribution in [-0.2, 0) is 0 Å². The third-order valence-electron chi connectivity index (χ3n) is 3.87. The maximum absolute atomic E-state index is 3.75. The van der Waals surface area contributed by atoms with E-state index in [-0.39, 0.29) is 11.2 Å². The van der Waals surface area contributed by atoms with Gasteiger partial charge in [-0.2, -0.15) is 0 Å². The zero-order valence-electron chi connectivity index (χ0n) is 12.9. The van der Waals surface area contributed by atoms with Crippen LogP contribution in [0.1, 0.15) is 61.3 Å². The first-order valence-electron chi connectivity index (χ1n) is 7.16. The second-order valence-corrected chi connectivity index (χ2v) is 7.53. The Hall–Kier alpha value is -0.0800. The smallest absolute Gasteiger partial charge is 0.0658 e. The van der Waals surface area contributed by atoms with Crippen molar-refractivity contribution >= 4 is 0 Å². The Balaban J connectivity index is 2.64. The van der Waals surface area contributed by atoms with Crippen LogP contribution >= 0.6 is 0 Å². The van der Waals surface area contributed by atoms with Crippen molar-refractivity contribution in [1.82, 2.24) is 10.2 Å². The van der Waals surface area contributed by atoms with Crippen molar-refractivity contribution in [3.8, 4) is 0 Å². The monoisotopic (exact) mass is 240 g/mol. The van der Waals surface area contributed by atoms with Gasteiger partial charge in [-0.05, 0) is 65.8 Å². The number of hydrogen-bond donors (Lipinski definition) is 1. The van der Waals surface area contributed by atoms with E-state index in [0.29, 0.717) is 0 Å². The molecule has 2 nitrogen and oxygen atoms in total. The molecule has 1 atom stereocenters. The van der Waals surface area contributed by atoms with E-state index in [1.807, 2.05) is 0 Å². The molecule has 2 heteroatoms. The van der Waals surface area contributed by atoms with Crippen LogP contribution in [0.3, 0.4) is 0 Å². The van der Waals surface area contributed by atoms with Gasteiger partial charge >= 0.3 is 0 Å². The van der Waals surface area contributed by atoms with E-state index in [1.54, 1.807) is 0 Å².